The predicted molar refractivity (Wildman–Crippen MR) is 130 cm³/mol. The molecule has 0 aliphatic heterocycles. The van der Waals surface area contributed by atoms with Crippen molar-refractivity contribution < 1.29 is 32.2 Å². The maximum atomic E-state index is 14.1. The minimum absolute atomic E-state index is 0.0104. The summed E-state index contributed by atoms with van der Waals surface area (Å²) in [5.41, 5.74) is 0.518. The van der Waals surface area contributed by atoms with E-state index in [0.29, 0.717) is 11.1 Å². The number of hydrogen-bond acceptors (Lipinski definition) is 4. The van der Waals surface area contributed by atoms with Crippen molar-refractivity contribution in [1.29, 1.82) is 0 Å². The van der Waals surface area contributed by atoms with Crippen LogP contribution in [0.3, 0.4) is 0 Å². The highest BCUT2D eigenvalue weighted by Gasteiger charge is 2.38. The Morgan fingerprint density at radius 3 is 2.08 bits per heavy atom. The fourth-order valence-corrected chi connectivity index (χ4v) is 4.08. The summed E-state index contributed by atoms with van der Waals surface area (Å²) in [4.78, 5) is 25.7. The molecule has 36 heavy (non-hydrogen) atoms. The second kappa shape index (κ2) is 11.9. The van der Waals surface area contributed by atoms with Gasteiger partial charge in [-0.05, 0) is 35.2 Å². The highest BCUT2D eigenvalue weighted by molar-refractivity contribution is 6.32. The summed E-state index contributed by atoms with van der Waals surface area (Å²) in [7, 11) is 0. The molecule has 0 bridgehead atoms. The minimum Gasteiger partial charge on any atom is -0.461 e. The molecule has 0 spiro atoms. The average Bonchev–Trinajstić information content (AvgIpc) is 2.85. The van der Waals surface area contributed by atoms with Crippen molar-refractivity contribution in [1.82, 2.24) is 4.90 Å². The quantitative estimate of drug-likeness (QED) is 0.294. The van der Waals surface area contributed by atoms with Gasteiger partial charge in [-0.2, -0.15) is 13.2 Å². The first-order valence-electron chi connectivity index (χ1n) is 11.2. The Morgan fingerprint density at radius 1 is 0.917 bits per heavy atom. The van der Waals surface area contributed by atoms with Gasteiger partial charge in [-0.15, -0.1) is 0 Å². The molecule has 0 fully saturated rings. The van der Waals surface area contributed by atoms with Crippen LogP contribution in [0.4, 0.5) is 18.0 Å². The van der Waals surface area contributed by atoms with Gasteiger partial charge in [0.15, 0.2) is 0 Å². The maximum absolute atomic E-state index is 14.1. The van der Waals surface area contributed by atoms with Gasteiger partial charge in [0.25, 0.3) is 0 Å². The van der Waals surface area contributed by atoms with Crippen LogP contribution in [0.15, 0.2) is 66.7 Å². The van der Waals surface area contributed by atoms with E-state index in [1.165, 1.54) is 11.0 Å². The van der Waals surface area contributed by atoms with Crippen molar-refractivity contribution in [3.05, 3.63) is 94.0 Å². The molecule has 190 valence electrons. The Kier molecular flexibility index (Phi) is 8.98. The van der Waals surface area contributed by atoms with Crippen molar-refractivity contribution in [3.63, 3.8) is 0 Å². The lowest BCUT2D eigenvalue weighted by Gasteiger charge is -2.26. The number of rotatable bonds is 8. The molecular weight excluding hydrogens is 495 g/mol. The zero-order valence-electron chi connectivity index (χ0n) is 19.8. The maximum Gasteiger partial charge on any atom is 0.418 e. The Balaban J connectivity index is 2.08. The van der Waals surface area contributed by atoms with Crippen molar-refractivity contribution in [2.45, 2.75) is 39.8 Å². The lowest BCUT2D eigenvalue weighted by atomic mass is 9.91. The first-order valence-corrected chi connectivity index (χ1v) is 11.6. The summed E-state index contributed by atoms with van der Waals surface area (Å²) < 4.78 is 52.7. The number of carbonyl (C=O) groups excluding carboxylic acids is 2. The van der Waals surface area contributed by atoms with Crippen LogP contribution in [0.25, 0.3) is 11.1 Å². The van der Waals surface area contributed by atoms with E-state index in [-0.39, 0.29) is 30.8 Å². The lowest BCUT2D eigenvalue weighted by Crippen LogP contribution is -2.32. The van der Waals surface area contributed by atoms with Crippen LogP contribution in [0, 0.1) is 0 Å². The van der Waals surface area contributed by atoms with Crippen molar-refractivity contribution in [2.75, 3.05) is 6.54 Å². The number of amides is 1. The average molecular weight is 520 g/mol. The van der Waals surface area contributed by atoms with Crippen molar-refractivity contribution in [3.8, 4) is 11.1 Å². The summed E-state index contributed by atoms with van der Waals surface area (Å²) in [6.45, 7) is 2.10. The molecule has 0 unspecified atom stereocenters. The molecule has 5 nitrogen and oxygen atoms in total. The van der Waals surface area contributed by atoms with Gasteiger partial charge in [-0.25, -0.2) is 4.79 Å². The first kappa shape index (κ1) is 27.1. The summed E-state index contributed by atoms with van der Waals surface area (Å²) in [6.07, 6.45) is -5.51. The van der Waals surface area contributed by atoms with Crippen LogP contribution in [0.2, 0.25) is 5.02 Å². The number of esters is 1. The molecule has 0 saturated carbocycles. The monoisotopic (exact) mass is 519 g/mol. The van der Waals surface area contributed by atoms with Crippen LogP contribution in [0.5, 0.6) is 0 Å². The molecule has 0 saturated heterocycles. The van der Waals surface area contributed by atoms with E-state index in [4.69, 9.17) is 21.1 Å². The van der Waals surface area contributed by atoms with E-state index in [0.717, 1.165) is 12.5 Å². The Hall–Kier alpha value is -3.52. The standard InChI is InChI=1S/C27H25ClF3NO4/c1-3-32(26(34)36-16-19-10-6-4-7-11-19)15-22-21(20-12-8-5-9-13-20)14-24(28)25(27(29,30)31)23(22)17-35-18(2)33/h4-14H,3,15-17H2,1-2H3. The van der Waals surface area contributed by atoms with E-state index >= 15 is 0 Å². The number of benzene rings is 3. The number of halogens is 4. The molecule has 9 heteroatoms. The van der Waals surface area contributed by atoms with Crippen LogP contribution >= 0.6 is 11.6 Å². The van der Waals surface area contributed by atoms with Gasteiger partial charge in [-0.3, -0.25) is 4.79 Å². The molecule has 3 aromatic carbocycles. The Labute approximate surface area is 212 Å². The third kappa shape index (κ3) is 6.79. The number of ether oxygens (including phenoxy) is 2. The van der Waals surface area contributed by atoms with E-state index in [2.05, 4.69) is 0 Å². The van der Waals surface area contributed by atoms with Crippen LogP contribution in [0.1, 0.15) is 36.1 Å². The molecule has 0 aromatic heterocycles. The van der Waals surface area contributed by atoms with Crippen molar-refractivity contribution in [2.24, 2.45) is 0 Å². The van der Waals surface area contributed by atoms with Gasteiger partial charge >= 0.3 is 18.2 Å². The molecule has 0 aliphatic rings. The largest absolute Gasteiger partial charge is 0.461 e. The summed E-state index contributed by atoms with van der Waals surface area (Å²) in [5, 5.41) is -0.526. The lowest BCUT2D eigenvalue weighted by molar-refractivity contribution is -0.145. The molecule has 3 rings (SSSR count). The highest BCUT2D eigenvalue weighted by atomic mass is 35.5. The topological polar surface area (TPSA) is 55.8 Å². The van der Waals surface area contributed by atoms with Gasteiger partial charge in [0, 0.05) is 25.6 Å². The zero-order valence-corrected chi connectivity index (χ0v) is 20.5. The van der Waals surface area contributed by atoms with E-state index in [9.17, 15) is 22.8 Å². The van der Waals surface area contributed by atoms with Gasteiger partial charge in [0.05, 0.1) is 10.6 Å². The second-order valence-corrected chi connectivity index (χ2v) is 8.34. The fraction of sp³-hybridized carbons (Fsp3) is 0.259. The zero-order chi connectivity index (χ0) is 26.3. The van der Waals surface area contributed by atoms with Gasteiger partial charge in [0.1, 0.15) is 13.2 Å². The third-order valence-corrected chi connectivity index (χ3v) is 5.78. The smallest absolute Gasteiger partial charge is 0.418 e. The van der Waals surface area contributed by atoms with Gasteiger partial charge in [-0.1, -0.05) is 72.3 Å². The van der Waals surface area contributed by atoms with E-state index < -0.39 is 35.4 Å². The number of hydrogen-bond donors (Lipinski definition) is 0. The number of alkyl halides is 3. The molecule has 0 aliphatic carbocycles. The summed E-state index contributed by atoms with van der Waals surface area (Å²) >= 11 is 6.14. The molecule has 0 radical (unpaired) electrons. The second-order valence-electron chi connectivity index (χ2n) is 7.94. The summed E-state index contributed by atoms with van der Waals surface area (Å²) in [6, 6.07) is 19.0. The molecule has 0 N–H and O–H groups in total. The van der Waals surface area contributed by atoms with Crippen LogP contribution in [-0.4, -0.2) is 23.5 Å². The minimum atomic E-state index is -4.82. The highest BCUT2D eigenvalue weighted by Crippen LogP contribution is 2.43. The first-order chi connectivity index (χ1) is 17.1. The molecule has 3 aromatic rings. The normalized spacial score (nSPS) is 11.2. The molecule has 0 heterocycles. The molecule has 1 amide bonds. The third-order valence-electron chi connectivity index (χ3n) is 5.48. The van der Waals surface area contributed by atoms with Crippen LogP contribution < -0.4 is 0 Å². The SMILES string of the molecule is CCN(Cc1c(-c2ccccc2)cc(Cl)c(C(F)(F)F)c1COC(C)=O)C(=O)OCc1ccccc1. The van der Waals surface area contributed by atoms with Gasteiger partial charge < -0.3 is 14.4 Å². The van der Waals surface area contributed by atoms with Crippen molar-refractivity contribution >= 4 is 23.7 Å². The van der Waals surface area contributed by atoms with Gasteiger partial charge in [0.2, 0.25) is 0 Å². The molecule has 0 atom stereocenters. The van der Waals surface area contributed by atoms with Crippen LogP contribution in [-0.2, 0) is 40.2 Å². The molecular formula is C27H25ClF3NO4. The Morgan fingerprint density at radius 2 is 1.53 bits per heavy atom. The van der Waals surface area contributed by atoms with E-state index in [1.807, 2.05) is 6.07 Å². The predicted octanol–water partition coefficient (Wildman–Crippen LogP) is 7.25. The number of carbonyl (C=O) groups is 2. The summed E-state index contributed by atoms with van der Waals surface area (Å²) in [5.74, 6) is -0.745. The number of nitrogens with zero attached hydrogens (tertiary/aromatic N) is 1. The fourth-order valence-electron chi connectivity index (χ4n) is 3.75. The Bertz CT molecular complexity index is 1200. The van der Waals surface area contributed by atoms with E-state index in [1.54, 1.807) is 61.5 Å².